The smallest absolute Gasteiger partial charge is 0.163 e. The molecule has 0 aliphatic rings. The highest BCUT2D eigenvalue weighted by Gasteiger charge is 2.17. The molecule has 2 heterocycles. The minimum absolute atomic E-state index is 0.00781. The van der Waals surface area contributed by atoms with Crippen LogP contribution in [0.15, 0.2) is 16.8 Å². The topological polar surface area (TPSA) is 151 Å². The quantitative estimate of drug-likeness (QED) is 0.509. The summed E-state index contributed by atoms with van der Waals surface area (Å²) in [6.07, 6.45) is 4.59. The Balaban J connectivity index is 2.18. The molecule has 0 fully saturated rings. The molecule has 9 heteroatoms. The average Bonchev–Trinajstić information content (AvgIpc) is 2.97. The second-order valence-corrected chi connectivity index (χ2v) is 6.23. The number of nitrogens with zero attached hydrogens (tertiary/aromatic N) is 5. The van der Waals surface area contributed by atoms with E-state index < -0.39 is 0 Å². The van der Waals surface area contributed by atoms with E-state index in [0.717, 1.165) is 17.7 Å². The third-order valence-corrected chi connectivity index (χ3v) is 4.16. The minimum atomic E-state index is -0.156. The van der Waals surface area contributed by atoms with Gasteiger partial charge in [0.05, 0.1) is 18.3 Å². The Hall–Kier alpha value is -3.12. The maximum absolute atomic E-state index is 9.47. The van der Waals surface area contributed by atoms with E-state index in [-0.39, 0.29) is 24.0 Å². The van der Waals surface area contributed by atoms with E-state index in [0.29, 0.717) is 30.1 Å². The zero-order valence-corrected chi connectivity index (χ0v) is 15.9. The van der Waals surface area contributed by atoms with Gasteiger partial charge >= 0.3 is 0 Å². The van der Waals surface area contributed by atoms with Gasteiger partial charge in [0, 0.05) is 30.4 Å². The summed E-state index contributed by atoms with van der Waals surface area (Å²) in [5.41, 5.74) is 15.5. The molecular weight excluding hydrogens is 344 g/mol. The number of nitrogen functional groups attached to an aromatic ring is 1. The van der Waals surface area contributed by atoms with Gasteiger partial charge < -0.3 is 21.9 Å². The monoisotopic (exact) mass is 370 g/mol. The number of aliphatic hydroxyl groups is 1. The minimum Gasteiger partial charge on any atom is -0.402 e. The number of aryl methyl sites for hydroxylation is 2. The summed E-state index contributed by atoms with van der Waals surface area (Å²) in [6.45, 7) is 6.21. The number of nitriles is 1. The predicted molar refractivity (Wildman–Crippen MR) is 107 cm³/mol. The lowest BCUT2D eigenvalue weighted by molar-refractivity contribution is 0.275. The third-order valence-electron chi connectivity index (χ3n) is 4.16. The number of aromatic nitrogens is 3. The first kappa shape index (κ1) is 20.2. The molecule has 0 amide bonds. The maximum atomic E-state index is 9.47. The van der Waals surface area contributed by atoms with Crippen molar-refractivity contribution < 1.29 is 5.11 Å². The molecule has 0 bridgehead atoms. The normalized spacial score (nSPS) is 13.2. The van der Waals surface area contributed by atoms with Crippen molar-refractivity contribution in [1.82, 2.24) is 14.6 Å². The highest BCUT2D eigenvalue weighted by Crippen LogP contribution is 2.24. The van der Waals surface area contributed by atoms with Crippen molar-refractivity contribution in [2.24, 2.45) is 10.7 Å². The molecule has 0 aliphatic carbocycles. The molecule has 6 N–H and O–H groups in total. The van der Waals surface area contributed by atoms with Gasteiger partial charge in [-0.1, -0.05) is 6.92 Å². The van der Waals surface area contributed by atoms with Gasteiger partial charge in [0.25, 0.3) is 0 Å². The van der Waals surface area contributed by atoms with Crippen molar-refractivity contribution in [3.05, 3.63) is 28.6 Å². The van der Waals surface area contributed by atoms with E-state index in [1.54, 1.807) is 19.2 Å². The molecule has 0 saturated carbocycles. The Bertz CT molecular complexity index is 906. The van der Waals surface area contributed by atoms with Crippen LogP contribution in [-0.4, -0.2) is 45.1 Å². The lowest BCUT2D eigenvalue weighted by atomic mass is 10.2. The zero-order chi connectivity index (χ0) is 20.0. The van der Waals surface area contributed by atoms with Crippen LogP contribution in [0.4, 0.5) is 11.6 Å². The zero-order valence-electron chi connectivity index (χ0n) is 15.9. The van der Waals surface area contributed by atoms with Crippen molar-refractivity contribution in [3.63, 3.8) is 0 Å². The molecule has 1 unspecified atom stereocenters. The number of anilines is 2. The number of rotatable bonds is 8. The fourth-order valence-corrected chi connectivity index (χ4v) is 2.61. The van der Waals surface area contributed by atoms with Crippen LogP contribution >= 0.6 is 0 Å². The first-order valence-electron chi connectivity index (χ1n) is 8.83. The van der Waals surface area contributed by atoms with E-state index >= 15 is 0 Å². The molecule has 144 valence electrons. The molecule has 2 aromatic heterocycles. The highest BCUT2D eigenvalue weighted by molar-refractivity contribution is 5.72. The fraction of sp³-hybridized carbons (Fsp3) is 0.444. The standard InChI is InChI=1S/C18H26N8O/c1-4-14-12(3)25-26-16(21)15(9-19)17(24-18(14)26)23-8-6-13(20)5-7-22-11(2)10-27/h5,7,11,27H,4,6,8,10,20-21H2,1-3H3,(H,23,24). The summed E-state index contributed by atoms with van der Waals surface area (Å²) in [5, 5.41) is 25.9. The molecule has 0 saturated heterocycles. The lowest BCUT2D eigenvalue weighted by Crippen LogP contribution is -2.13. The van der Waals surface area contributed by atoms with Gasteiger partial charge in [-0.25, -0.2) is 4.98 Å². The lowest BCUT2D eigenvalue weighted by Gasteiger charge is -2.10. The molecule has 0 radical (unpaired) electrons. The number of allylic oxidation sites excluding steroid dienone is 1. The summed E-state index contributed by atoms with van der Waals surface area (Å²) in [7, 11) is 0. The molecule has 0 aromatic carbocycles. The summed E-state index contributed by atoms with van der Waals surface area (Å²) < 4.78 is 1.52. The largest absolute Gasteiger partial charge is 0.402 e. The second kappa shape index (κ2) is 9.00. The molecule has 27 heavy (non-hydrogen) atoms. The highest BCUT2D eigenvalue weighted by atomic mass is 16.3. The van der Waals surface area contributed by atoms with Crippen LogP contribution in [0.3, 0.4) is 0 Å². The van der Waals surface area contributed by atoms with Gasteiger partial charge in [-0.05, 0) is 26.3 Å². The van der Waals surface area contributed by atoms with Crippen molar-refractivity contribution in [2.75, 3.05) is 24.2 Å². The van der Waals surface area contributed by atoms with E-state index in [2.05, 4.69) is 26.5 Å². The first-order valence-corrected chi connectivity index (χ1v) is 8.83. The SMILES string of the molecule is CCc1c(C)nn2c(N)c(C#N)c(NCCC(N)=CC=NC(C)CO)nc12. The Morgan fingerprint density at radius 2 is 2.26 bits per heavy atom. The van der Waals surface area contributed by atoms with Crippen molar-refractivity contribution >= 4 is 23.5 Å². The molecule has 2 rings (SSSR count). The molecule has 2 aromatic rings. The Morgan fingerprint density at radius 3 is 2.89 bits per heavy atom. The van der Waals surface area contributed by atoms with Crippen LogP contribution in [-0.2, 0) is 6.42 Å². The van der Waals surface area contributed by atoms with E-state index in [9.17, 15) is 5.26 Å². The Kier molecular flexibility index (Phi) is 6.73. The van der Waals surface area contributed by atoms with Gasteiger partial charge in [0.15, 0.2) is 5.65 Å². The summed E-state index contributed by atoms with van der Waals surface area (Å²) >= 11 is 0. The van der Waals surface area contributed by atoms with Gasteiger partial charge in [0.2, 0.25) is 0 Å². The Labute approximate surface area is 158 Å². The van der Waals surface area contributed by atoms with E-state index in [1.165, 1.54) is 4.52 Å². The number of fused-ring (bicyclic) bond motifs is 1. The summed E-state index contributed by atoms with van der Waals surface area (Å²) in [5.74, 6) is 0.689. The second-order valence-electron chi connectivity index (χ2n) is 6.23. The van der Waals surface area contributed by atoms with E-state index in [4.69, 9.17) is 16.6 Å². The molecule has 9 nitrogen and oxygen atoms in total. The van der Waals surface area contributed by atoms with Crippen molar-refractivity contribution in [2.45, 2.75) is 39.7 Å². The number of nitrogens with two attached hydrogens (primary N) is 2. The number of aliphatic hydroxyl groups excluding tert-OH is 1. The first-order chi connectivity index (χ1) is 12.9. The third kappa shape index (κ3) is 4.54. The fourth-order valence-electron chi connectivity index (χ4n) is 2.61. The van der Waals surface area contributed by atoms with Crippen LogP contribution in [0.1, 0.15) is 37.1 Å². The van der Waals surface area contributed by atoms with Crippen LogP contribution in [0, 0.1) is 18.3 Å². The van der Waals surface area contributed by atoms with Gasteiger partial charge in [-0.15, -0.1) is 0 Å². The van der Waals surface area contributed by atoms with Gasteiger partial charge in [-0.3, -0.25) is 4.99 Å². The summed E-state index contributed by atoms with van der Waals surface area (Å²) in [6, 6.07) is 1.94. The maximum Gasteiger partial charge on any atom is 0.163 e. The number of nitrogens with one attached hydrogen (secondary N) is 1. The molecule has 0 spiro atoms. The molecular formula is C18H26N8O. The molecule has 0 aliphatic heterocycles. The number of hydrogen-bond acceptors (Lipinski definition) is 8. The number of hydrogen-bond donors (Lipinski definition) is 4. The predicted octanol–water partition coefficient (Wildman–Crippen LogP) is 1.15. The molecule has 1 atom stereocenters. The summed E-state index contributed by atoms with van der Waals surface area (Å²) in [4.78, 5) is 8.67. The van der Waals surface area contributed by atoms with Crippen LogP contribution in [0.25, 0.3) is 5.65 Å². The Morgan fingerprint density at radius 1 is 1.52 bits per heavy atom. The van der Waals surface area contributed by atoms with Gasteiger partial charge in [0.1, 0.15) is 23.3 Å². The van der Waals surface area contributed by atoms with E-state index in [1.807, 2.05) is 13.8 Å². The van der Waals surface area contributed by atoms with Crippen LogP contribution < -0.4 is 16.8 Å². The van der Waals surface area contributed by atoms with Crippen molar-refractivity contribution in [1.29, 1.82) is 5.26 Å². The van der Waals surface area contributed by atoms with Crippen LogP contribution in [0.2, 0.25) is 0 Å². The van der Waals surface area contributed by atoms with Crippen molar-refractivity contribution in [3.8, 4) is 6.07 Å². The average molecular weight is 370 g/mol. The number of aliphatic imine (C=N–C) groups is 1. The van der Waals surface area contributed by atoms with Gasteiger partial charge in [-0.2, -0.15) is 14.9 Å². The van der Waals surface area contributed by atoms with Crippen LogP contribution in [0.5, 0.6) is 0 Å².